The topological polar surface area (TPSA) is 122 Å². The minimum Gasteiger partial charge on any atom is -0.461 e. The molecule has 39 heavy (non-hydrogen) atoms. The predicted molar refractivity (Wildman–Crippen MR) is 147 cm³/mol. The number of carbonyl (C=O) groups is 3. The van der Waals surface area contributed by atoms with Crippen molar-refractivity contribution in [3.05, 3.63) is 59.7 Å². The van der Waals surface area contributed by atoms with Gasteiger partial charge in [-0.05, 0) is 61.1 Å². The van der Waals surface area contributed by atoms with Gasteiger partial charge in [0.05, 0.1) is 24.0 Å². The second kappa shape index (κ2) is 14.4. The fourth-order valence-electron chi connectivity index (χ4n) is 5.68. The molecule has 0 fully saturated rings. The summed E-state index contributed by atoms with van der Waals surface area (Å²) in [5.41, 5.74) is 3.09. The molecule has 0 radical (unpaired) electrons. The van der Waals surface area contributed by atoms with Gasteiger partial charge in [-0.25, -0.2) is 10.3 Å². The molecule has 8 atom stereocenters. The molecule has 214 valence electrons. The lowest BCUT2D eigenvalue weighted by atomic mass is 9.65. The van der Waals surface area contributed by atoms with E-state index in [2.05, 4.69) is 32.1 Å². The number of carbonyl (C=O) groups excluding carboxylic acids is 3. The summed E-state index contributed by atoms with van der Waals surface area (Å²) in [4.78, 5) is 37.1. The van der Waals surface area contributed by atoms with Crippen LogP contribution < -0.4 is 5.48 Å². The van der Waals surface area contributed by atoms with Crippen molar-refractivity contribution in [1.82, 2.24) is 5.48 Å². The molecule has 0 bridgehead atoms. The van der Waals surface area contributed by atoms with Crippen LogP contribution in [0.3, 0.4) is 0 Å². The predicted octanol–water partition coefficient (Wildman–Crippen LogP) is 5.00. The number of amides is 1. The fraction of sp³-hybridized carbons (Fsp3) is 0.581. The van der Waals surface area contributed by atoms with Gasteiger partial charge >= 0.3 is 11.9 Å². The van der Waals surface area contributed by atoms with Crippen LogP contribution in [0.15, 0.2) is 54.1 Å². The van der Waals surface area contributed by atoms with E-state index in [4.69, 9.17) is 14.7 Å². The SMILES string of the molecule is CC[C@H](C)C(=O)O[C@H]1C[C@@H](C)C=C2C=C[C@H](C)[C@H](CC[C@@H](O)C[C@@H](CC(=O)NO)OC(=O)c3ccccc3)[C@H]21. The van der Waals surface area contributed by atoms with E-state index in [9.17, 15) is 19.5 Å². The molecule has 3 N–H and O–H groups in total. The highest BCUT2D eigenvalue weighted by atomic mass is 16.5. The third-order valence-electron chi connectivity index (χ3n) is 8.07. The van der Waals surface area contributed by atoms with Gasteiger partial charge in [0.1, 0.15) is 12.2 Å². The molecule has 3 rings (SSSR count). The second-order valence-electron chi connectivity index (χ2n) is 11.2. The van der Waals surface area contributed by atoms with E-state index < -0.39 is 24.1 Å². The average Bonchev–Trinajstić information content (AvgIpc) is 2.92. The lowest BCUT2D eigenvalue weighted by Crippen LogP contribution is -2.41. The number of fused-ring (bicyclic) bond motifs is 1. The summed E-state index contributed by atoms with van der Waals surface area (Å²) in [7, 11) is 0. The highest BCUT2D eigenvalue weighted by Crippen LogP contribution is 2.45. The Morgan fingerprint density at radius 1 is 1.15 bits per heavy atom. The van der Waals surface area contributed by atoms with Crippen LogP contribution in [-0.4, -0.2) is 46.5 Å². The quantitative estimate of drug-likeness (QED) is 0.193. The molecule has 0 saturated carbocycles. The van der Waals surface area contributed by atoms with Crippen LogP contribution in [-0.2, 0) is 19.1 Å². The van der Waals surface area contributed by atoms with Gasteiger partial charge in [0.15, 0.2) is 0 Å². The van der Waals surface area contributed by atoms with Crippen molar-refractivity contribution < 1.29 is 34.2 Å². The molecular weight excluding hydrogens is 498 g/mol. The Balaban J connectivity index is 1.68. The number of allylic oxidation sites excluding steroid dienone is 3. The molecule has 0 heterocycles. The van der Waals surface area contributed by atoms with Crippen LogP contribution in [0.4, 0.5) is 0 Å². The molecule has 8 nitrogen and oxygen atoms in total. The lowest BCUT2D eigenvalue weighted by molar-refractivity contribution is -0.158. The van der Waals surface area contributed by atoms with Gasteiger partial charge in [-0.2, -0.15) is 0 Å². The molecule has 1 aromatic carbocycles. The van der Waals surface area contributed by atoms with Crippen molar-refractivity contribution in [2.75, 3.05) is 0 Å². The first-order valence-electron chi connectivity index (χ1n) is 14.1. The Hall–Kier alpha value is -2.97. The largest absolute Gasteiger partial charge is 0.461 e. The molecule has 2 aliphatic carbocycles. The zero-order valence-corrected chi connectivity index (χ0v) is 23.4. The van der Waals surface area contributed by atoms with Crippen LogP contribution in [0.1, 0.15) is 76.6 Å². The van der Waals surface area contributed by atoms with Crippen LogP contribution in [0.2, 0.25) is 0 Å². The minimum absolute atomic E-state index is 0.0493. The second-order valence-corrected chi connectivity index (χ2v) is 11.2. The summed E-state index contributed by atoms with van der Waals surface area (Å²) >= 11 is 0. The number of hydrogen-bond donors (Lipinski definition) is 3. The smallest absolute Gasteiger partial charge is 0.338 e. The molecule has 1 amide bonds. The van der Waals surface area contributed by atoms with Crippen molar-refractivity contribution in [3.63, 3.8) is 0 Å². The Labute approximate surface area is 231 Å². The van der Waals surface area contributed by atoms with Gasteiger partial charge in [0.2, 0.25) is 5.91 Å². The first-order chi connectivity index (χ1) is 18.6. The average molecular weight is 542 g/mol. The number of rotatable bonds is 12. The number of aliphatic hydroxyl groups is 1. The van der Waals surface area contributed by atoms with Gasteiger partial charge < -0.3 is 14.6 Å². The summed E-state index contributed by atoms with van der Waals surface area (Å²) in [5, 5.41) is 19.9. The first kappa shape index (κ1) is 30.6. The van der Waals surface area contributed by atoms with E-state index in [1.165, 1.54) is 5.57 Å². The Bertz CT molecular complexity index is 1040. The van der Waals surface area contributed by atoms with E-state index in [1.54, 1.807) is 35.8 Å². The molecular formula is C31H43NO7. The third kappa shape index (κ3) is 8.51. The molecule has 0 saturated heterocycles. The van der Waals surface area contributed by atoms with Gasteiger partial charge in [-0.3, -0.25) is 14.8 Å². The molecule has 0 unspecified atom stereocenters. The van der Waals surface area contributed by atoms with Crippen molar-refractivity contribution >= 4 is 17.8 Å². The fourth-order valence-corrected chi connectivity index (χ4v) is 5.68. The summed E-state index contributed by atoms with van der Waals surface area (Å²) in [5.74, 6) is -0.881. The van der Waals surface area contributed by atoms with Crippen molar-refractivity contribution in [2.45, 2.75) is 84.5 Å². The maximum absolute atomic E-state index is 12.7. The zero-order valence-electron chi connectivity index (χ0n) is 23.4. The van der Waals surface area contributed by atoms with Crippen LogP contribution in [0.5, 0.6) is 0 Å². The minimum atomic E-state index is -0.904. The summed E-state index contributed by atoms with van der Waals surface area (Å²) in [6.07, 6.45) is 7.01. The highest BCUT2D eigenvalue weighted by molar-refractivity contribution is 5.89. The molecule has 1 aromatic rings. The van der Waals surface area contributed by atoms with Crippen molar-refractivity contribution in [2.24, 2.45) is 29.6 Å². The zero-order chi connectivity index (χ0) is 28.5. The van der Waals surface area contributed by atoms with E-state index in [0.717, 1.165) is 12.8 Å². The number of esters is 2. The van der Waals surface area contributed by atoms with Gasteiger partial charge in [0, 0.05) is 12.3 Å². The van der Waals surface area contributed by atoms with Crippen molar-refractivity contribution in [1.29, 1.82) is 0 Å². The van der Waals surface area contributed by atoms with Crippen LogP contribution >= 0.6 is 0 Å². The number of aliphatic hydroxyl groups excluding tert-OH is 1. The summed E-state index contributed by atoms with van der Waals surface area (Å²) in [6, 6.07) is 8.43. The monoisotopic (exact) mass is 541 g/mol. The summed E-state index contributed by atoms with van der Waals surface area (Å²) < 4.78 is 11.6. The molecule has 0 aliphatic heterocycles. The maximum atomic E-state index is 12.7. The Morgan fingerprint density at radius 3 is 2.54 bits per heavy atom. The maximum Gasteiger partial charge on any atom is 0.338 e. The number of benzene rings is 1. The van der Waals surface area contributed by atoms with Gasteiger partial charge in [0.25, 0.3) is 0 Å². The highest BCUT2D eigenvalue weighted by Gasteiger charge is 2.41. The van der Waals surface area contributed by atoms with E-state index >= 15 is 0 Å². The van der Waals surface area contributed by atoms with Gasteiger partial charge in [-0.15, -0.1) is 0 Å². The molecule has 0 spiro atoms. The standard InChI is InChI=1S/C31H43NO7/c1-5-20(3)30(35)39-27-16-19(2)15-23-12-11-21(4)26(29(23)27)14-13-24(33)17-25(18-28(34)32-37)38-31(36)22-9-7-6-8-10-22/h6-12,15,19-21,24-27,29,33,37H,5,13-14,16-18H2,1-4H3,(H,32,34)/t19-,20-,21-,24+,25-,26-,27-,29-/m0/s1. The van der Waals surface area contributed by atoms with E-state index in [1.807, 2.05) is 13.8 Å². The van der Waals surface area contributed by atoms with Crippen LogP contribution in [0, 0.1) is 29.6 Å². The third-order valence-corrected chi connectivity index (χ3v) is 8.07. The van der Waals surface area contributed by atoms with Gasteiger partial charge in [-0.1, -0.05) is 64.1 Å². The molecule has 2 aliphatic rings. The lowest BCUT2D eigenvalue weighted by Gasteiger charge is -2.43. The Kier molecular flexibility index (Phi) is 11.3. The first-order valence-corrected chi connectivity index (χ1v) is 14.1. The normalized spacial score (nSPS) is 26.4. The number of ether oxygens (including phenoxy) is 2. The van der Waals surface area contributed by atoms with E-state index in [-0.39, 0.29) is 48.6 Å². The summed E-state index contributed by atoms with van der Waals surface area (Å²) in [6.45, 7) is 8.15. The number of nitrogens with one attached hydrogen (secondary N) is 1. The van der Waals surface area contributed by atoms with Crippen LogP contribution in [0.25, 0.3) is 0 Å². The van der Waals surface area contributed by atoms with Crippen molar-refractivity contribution in [3.8, 4) is 0 Å². The molecule has 8 heteroatoms. The Morgan fingerprint density at radius 2 is 1.87 bits per heavy atom. The number of hydroxylamine groups is 1. The van der Waals surface area contributed by atoms with E-state index in [0.29, 0.717) is 24.3 Å². The molecule has 0 aromatic heterocycles. The number of hydrogen-bond acceptors (Lipinski definition) is 7.